The highest BCUT2D eigenvalue weighted by Crippen LogP contribution is 2.25. The second-order valence-corrected chi connectivity index (χ2v) is 8.49. The summed E-state index contributed by atoms with van der Waals surface area (Å²) in [6.07, 6.45) is 0. The average Bonchev–Trinajstić information content (AvgIpc) is 3.37. The third-order valence-corrected chi connectivity index (χ3v) is 6.26. The van der Waals surface area contributed by atoms with Crippen molar-refractivity contribution in [2.24, 2.45) is 0 Å². The summed E-state index contributed by atoms with van der Waals surface area (Å²) >= 11 is 4.05. The summed E-state index contributed by atoms with van der Waals surface area (Å²) in [6.45, 7) is 0. The van der Waals surface area contributed by atoms with Crippen LogP contribution in [0.3, 0.4) is 0 Å². The summed E-state index contributed by atoms with van der Waals surface area (Å²) in [6, 6.07) is 14.6. The van der Waals surface area contributed by atoms with Gasteiger partial charge in [-0.2, -0.15) is 0 Å². The molecule has 0 aliphatic heterocycles. The molecule has 0 aliphatic carbocycles. The molecule has 7 nitrogen and oxygen atoms in total. The number of para-hydroxylation sites is 1. The van der Waals surface area contributed by atoms with Gasteiger partial charge in [0.1, 0.15) is 5.03 Å². The Bertz CT molecular complexity index is 1080. The van der Waals surface area contributed by atoms with E-state index in [4.69, 9.17) is 0 Å². The van der Waals surface area contributed by atoms with Gasteiger partial charge in [-0.1, -0.05) is 41.3 Å². The molecule has 0 fully saturated rings. The van der Waals surface area contributed by atoms with Crippen LogP contribution in [-0.4, -0.2) is 32.7 Å². The fraction of sp³-hybridized carbons (Fsp3) is 0.0556. The van der Waals surface area contributed by atoms with Crippen molar-refractivity contribution >= 4 is 67.4 Å². The molecule has 0 radical (unpaired) electrons. The van der Waals surface area contributed by atoms with Crippen molar-refractivity contribution in [3.8, 4) is 0 Å². The van der Waals surface area contributed by atoms with Crippen LogP contribution >= 0.6 is 34.4 Å². The van der Waals surface area contributed by atoms with Gasteiger partial charge in [0.2, 0.25) is 5.91 Å². The second-order valence-electron chi connectivity index (χ2n) is 5.51. The van der Waals surface area contributed by atoms with Gasteiger partial charge >= 0.3 is 0 Å². The van der Waals surface area contributed by atoms with Crippen molar-refractivity contribution in [2.75, 3.05) is 16.4 Å². The Morgan fingerprint density at radius 2 is 1.89 bits per heavy atom. The molecule has 2 N–H and O–H groups in total. The molecule has 4 rings (SSSR count). The van der Waals surface area contributed by atoms with Crippen molar-refractivity contribution in [2.45, 2.75) is 5.03 Å². The Labute approximate surface area is 172 Å². The SMILES string of the molecule is O=C(CSc1ccc(NC(=O)c2cccs2)nn1)Nc1nc2ccccc2s1. The van der Waals surface area contributed by atoms with E-state index in [9.17, 15) is 9.59 Å². The predicted octanol–water partition coefficient (Wildman–Crippen LogP) is 4.13. The van der Waals surface area contributed by atoms with Gasteiger partial charge in [0.05, 0.1) is 20.8 Å². The highest BCUT2D eigenvalue weighted by atomic mass is 32.2. The van der Waals surface area contributed by atoms with Gasteiger partial charge in [-0.25, -0.2) is 4.98 Å². The Balaban J connectivity index is 1.29. The average molecular weight is 428 g/mol. The predicted molar refractivity (Wildman–Crippen MR) is 113 cm³/mol. The smallest absolute Gasteiger partial charge is 0.266 e. The molecule has 1 aromatic carbocycles. The van der Waals surface area contributed by atoms with Gasteiger partial charge < -0.3 is 10.6 Å². The Morgan fingerprint density at radius 1 is 1.00 bits per heavy atom. The number of fused-ring (bicyclic) bond motifs is 1. The maximum absolute atomic E-state index is 12.1. The number of thiazole rings is 1. The number of aromatic nitrogens is 3. The van der Waals surface area contributed by atoms with E-state index in [1.807, 2.05) is 35.7 Å². The summed E-state index contributed by atoms with van der Waals surface area (Å²) < 4.78 is 1.02. The van der Waals surface area contributed by atoms with E-state index >= 15 is 0 Å². The Kier molecular flexibility index (Phi) is 5.60. The molecule has 0 bridgehead atoms. The van der Waals surface area contributed by atoms with Crippen LogP contribution in [0.25, 0.3) is 10.2 Å². The van der Waals surface area contributed by atoms with Gasteiger partial charge in [-0.05, 0) is 35.7 Å². The van der Waals surface area contributed by atoms with E-state index in [0.29, 0.717) is 20.9 Å². The van der Waals surface area contributed by atoms with Gasteiger partial charge in [-0.15, -0.1) is 21.5 Å². The number of nitrogens with zero attached hydrogens (tertiary/aromatic N) is 3. The van der Waals surface area contributed by atoms with E-state index < -0.39 is 0 Å². The maximum Gasteiger partial charge on any atom is 0.266 e. The molecule has 140 valence electrons. The van der Waals surface area contributed by atoms with Crippen LogP contribution in [0, 0.1) is 0 Å². The first-order valence-corrected chi connectivity index (χ1v) is 10.8. The minimum absolute atomic E-state index is 0.166. The molecule has 0 unspecified atom stereocenters. The highest BCUT2D eigenvalue weighted by Gasteiger charge is 2.10. The lowest BCUT2D eigenvalue weighted by molar-refractivity contribution is -0.113. The fourth-order valence-corrected chi connectivity index (χ4v) is 4.38. The van der Waals surface area contributed by atoms with E-state index in [1.54, 1.807) is 18.2 Å². The number of hydrogen-bond acceptors (Lipinski definition) is 8. The summed E-state index contributed by atoms with van der Waals surface area (Å²) in [5.74, 6) is 0.161. The second kappa shape index (κ2) is 8.46. The van der Waals surface area contributed by atoms with Crippen molar-refractivity contribution in [1.82, 2.24) is 15.2 Å². The topological polar surface area (TPSA) is 96.9 Å². The Hall–Kier alpha value is -2.82. The van der Waals surface area contributed by atoms with Gasteiger partial charge in [0.25, 0.3) is 5.91 Å². The van der Waals surface area contributed by atoms with Crippen molar-refractivity contribution in [3.05, 3.63) is 58.8 Å². The van der Waals surface area contributed by atoms with Crippen molar-refractivity contribution in [3.63, 3.8) is 0 Å². The maximum atomic E-state index is 12.1. The molecular weight excluding hydrogens is 414 g/mol. The van der Waals surface area contributed by atoms with Crippen molar-refractivity contribution in [1.29, 1.82) is 0 Å². The van der Waals surface area contributed by atoms with Crippen LogP contribution in [0.1, 0.15) is 9.67 Å². The molecule has 4 aromatic rings. The summed E-state index contributed by atoms with van der Waals surface area (Å²) in [5.41, 5.74) is 0.863. The van der Waals surface area contributed by atoms with Crippen LogP contribution < -0.4 is 10.6 Å². The van der Waals surface area contributed by atoms with Gasteiger partial charge in [0, 0.05) is 0 Å². The number of carbonyl (C=O) groups is 2. The summed E-state index contributed by atoms with van der Waals surface area (Å²) in [4.78, 5) is 29.1. The molecule has 0 spiro atoms. The zero-order chi connectivity index (χ0) is 19.3. The minimum atomic E-state index is -0.222. The molecule has 28 heavy (non-hydrogen) atoms. The first-order chi connectivity index (χ1) is 13.7. The number of rotatable bonds is 6. The molecule has 0 aliphatic rings. The van der Waals surface area contributed by atoms with Crippen molar-refractivity contribution < 1.29 is 9.59 Å². The van der Waals surface area contributed by atoms with Crippen LogP contribution in [0.5, 0.6) is 0 Å². The molecule has 0 atom stereocenters. The largest absolute Gasteiger partial charge is 0.304 e. The minimum Gasteiger partial charge on any atom is -0.304 e. The van der Waals surface area contributed by atoms with E-state index in [2.05, 4.69) is 25.8 Å². The van der Waals surface area contributed by atoms with Crippen LogP contribution in [0.2, 0.25) is 0 Å². The van der Waals surface area contributed by atoms with Crippen LogP contribution in [0.15, 0.2) is 58.9 Å². The molecule has 10 heteroatoms. The molecule has 3 heterocycles. The molecular formula is C18H13N5O2S3. The molecule has 0 saturated heterocycles. The van der Waals surface area contributed by atoms with Gasteiger partial charge in [-0.3, -0.25) is 9.59 Å². The number of amides is 2. The lowest BCUT2D eigenvalue weighted by Crippen LogP contribution is -2.14. The lowest BCUT2D eigenvalue weighted by atomic mass is 10.3. The number of nitrogens with one attached hydrogen (secondary N) is 2. The third-order valence-electron chi connectivity index (χ3n) is 3.52. The monoisotopic (exact) mass is 427 g/mol. The van der Waals surface area contributed by atoms with Crippen LogP contribution in [0.4, 0.5) is 10.9 Å². The quantitative estimate of drug-likeness (QED) is 0.449. The van der Waals surface area contributed by atoms with E-state index in [-0.39, 0.29) is 17.6 Å². The number of hydrogen-bond donors (Lipinski definition) is 2. The molecule has 3 aromatic heterocycles. The molecule has 0 saturated carbocycles. The number of benzene rings is 1. The van der Waals surface area contributed by atoms with E-state index in [1.165, 1.54) is 34.4 Å². The van der Waals surface area contributed by atoms with Gasteiger partial charge in [0.15, 0.2) is 10.9 Å². The lowest BCUT2D eigenvalue weighted by Gasteiger charge is -2.04. The number of thiophene rings is 1. The highest BCUT2D eigenvalue weighted by molar-refractivity contribution is 7.99. The first-order valence-electron chi connectivity index (χ1n) is 8.14. The summed E-state index contributed by atoms with van der Waals surface area (Å²) in [7, 11) is 0. The fourth-order valence-electron chi connectivity index (χ4n) is 2.27. The van der Waals surface area contributed by atoms with Crippen LogP contribution in [-0.2, 0) is 4.79 Å². The molecule has 2 amide bonds. The Morgan fingerprint density at radius 3 is 2.64 bits per heavy atom. The zero-order valence-electron chi connectivity index (χ0n) is 14.3. The zero-order valence-corrected chi connectivity index (χ0v) is 16.7. The number of carbonyl (C=O) groups excluding carboxylic acids is 2. The number of anilines is 2. The first kappa shape index (κ1) is 18.5. The standard InChI is InChI=1S/C18H13N5O2S3/c24-15(21-18-19-11-4-1-2-5-12(11)28-18)10-27-16-8-7-14(22-23-16)20-17(25)13-6-3-9-26-13/h1-9H,10H2,(H,19,21,24)(H,20,22,25). The summed E-state index contributed by atoms with van der Waals surface area (Å²) in [5, 5.41) is 16.5. The number of thioether (sulfide) groups is 1. The normalized spacial score (nSPS) is 10.7. The van der Waals surface area contributed by atoms with E-state index in [0.717, 1.165) is 10.2 Å². The third kappa shape index (κ3) is 4.53.